The van der Waals surface area contributed by atoms with E-state index in [1.807, 2.05) is 30.3 Å². The molecule has 1 aliphatic heterocycles. The summed E-state index contributed by atoms with van der Waals surface area (Å²) in [6, 6.07) is 9.90. The van der Waals surface area contributed by atoms with E-state index in [2.05, 4.69) is 15.5 Å². The van der Waals surface area contributed by atoms with E-state index >= 15 is 0 Å². The molecule has 0 spiro atoms. The fourth-order valence-electron chi connectivity index (χ4n) is 1.97. The molecule has 1 N–H and O–H groups in total. The van der Waals surface area contributed by atoms with Crippen molar-refractivity contribution in [2.45, 2.75) is 12.3 Å². The van der Waals surface area contributed by atoms with Gasteiger partial charge in [-0.25, -0.2) is 0 Å². The third-order valence-corrected chi connectivity index (χ3v) is 2.88. The molecule has 0 saturated carbocycles. The SMILES string of the molecule is c1ccc(-c2noc(C3CCNC3)n2)cc1. The number of benzene rings is 1. The van der Waals surface area contributed by atoms with E-state index in [1.165, 1.54) is 0 Å². The molecule has 16 heavy (non-hydrogen) atoms. The lowest BCUT2D eigenvalue weighted by atomic mass is 10.1. The van der Waals surface area contributed by atoms with Gasteiger partial charge in [-0.2, -0.15) is 4.98 Å². The summed E-state index contributed by atoms with van der Waals surface area (Å²) in [5.41, 5.74) is 1.00. The van der Waals surface area contributed by atoms with Crippen LogP contribution in [0.2, 0.25) is 0 Å². The average molecular weight is 215 g/mol. The summed E-state index contributed by atoms with van der Waals surface area (Å²) in [5, 5.41) is 7.31. The summed E-state index contributed by atoms with van der Waals surface area (Å²) in [7, 11) is 0. The molecule has 4 heteroatoms. The van der Waals surface area contributed by atoms with Crippen LogP contribution in [-0.2, 0) is 0 Å². The number of aromatic nitrogens is 2. The van der Waals surface area contributed by atoms with Gasteiger partial charge in [0.2, 0.25) is 11.7 Å². The first-order valence-electron chi connectivity index (χ1n) is 5.53. The minimum atomic E-state index is 0.380. The van der Waals surface area contributed by atoms with Crippen LogP contribution in [0.5, 0.6) is 0 Å². The lowest BCUT2D eigenvalue weighted by molar-refractivity contribution is 0.359. The molecule has 1 saturated heterocycles. The Morgan fingerprint density at radius 1 is 1.25 bits per heavy atom. The summed E-state index contributed by atoms with van der Waals surface area (Å²) in [6.45, 7) is 1.98. The number of hydrogen-bond acceptors (Lipinski definition) is 4. The smallest absolute Gasteiger partial charge is 0.231 e. The zero-order chi connectivity index (χ0) is 10.8. The van der Waals surface area contributed by atoms with E-state index in [4.69, 9.17) is 4.52 Å². The molecule has 82 valence electrons. The fourth-order valence-corrected chi connectivity index (χ4v) is 1.97. The lowest BCUT2D eigenvalue weighted by Gasteiger charge is -1.98. The zero-order valence-corrected chi connectivity index (χ0v) is 8.89. The van der Waals surface area contributed by atoms with E-state index in [-0.39, 0.29) is 0 Å². The van der Waals surface area contributed by atoms with Gasteiger partial charge in [-0.3, -0.25) is 0 Å². The molecule has 0 amide bonds. The molecular formula is C12H13N3O. The van der Waals surface area contributed by atoms with E-state index in [9.17, 15) is 0 Å². The predicted molar refractivity (Wildman–Crippen MR) is 60.0 cm³/mol. The maximum absolute atomic E-state index is 5.30. The maximum atomic E-state index is 5.30. The van der Waals surface area contributed by atoms with Gasteiger partial charge < -0.3 is 9.84 Å². The van der Waals surface area contributed by atoms with Crippen molar-refractivity contribution < 1.29 is 4.52 Å². The van der Waals surface area contributed by atoms with E-state index in [0.717, 1.165) is 31.0 Å². The van der Waals surface area contributed by atoms with Crippen LogP contribution in [0.25, 0.3) is 11.4 Å². The van der Waals surface area contributed by atoms with Crippen molar-refractivity contribution in [3.05, 3.63) is 36.2 Å². The Morgan fingerprint density at radius 2 is 2.12 bits per heavy atom. The van der Waals surface area contributed by atoms with Gasteiger partial charge >= 0.3 is 0 Å². The van der Waals surface area contributed by atoms with Crippen molar-refractivity contribution in [3.8, 4) is 11.4 Å². The molecule has 2 aromatic rings. The third kappa shape index (κ3) is 1.72. The summed E-state index contributed by atoms with van der Waals surface area (Å²) < 4.78 is 5.30. The molecule has 1 unspecified atom stereocenters. The Bertz CT molecular complexity index is 460. The van der Waals surface area contributed by atoms with Gasteiger partial charge in [0.05, 0.1) is 5.92 Å². The second kappa shape index (κ2) is 4.06. The molecule has 2 heterocycles. The van der Waals surface area contributed by atoms with Crippen molar-refractivity contribution in [1.82, 2.24) is 15.5 Å². The van der Waals surface area contributed by atoms with Gasteiger partial charge in [0.1, 0.15) is 0 Å². The minimum Gasteiger partial charge on any atom is -0.339 e. The van der Waals surface area contributed by atoms with Crippen LogP contribution in [0, 0.1) is 0 Å². The van der Waals surface area contributed by atoms with Crippen LogP contribution in [0.1, 0.15) is 18.2 Å². The minimum absolute atomic E-state index is 0.380. The number of nitrogens with one attached hydrogen (secondary N) is 1. The van der Waals surface area contributed by atoms with Crippen LogP contribution in [0.3, 0.4) is 0 Å². The predicted octanol–water partition coefficient (Wildman–Crippen LogP) is 1.81. The first kappa shape index (κ1) is 9.54. The number of rotatable bonds is 2. The average Bonchev–Trinajstić information content (AvgIpc) is 3.01. The van der Waals surface area contributed by atoms with Crippen molar-refractivity contribution in [1.29, 1.82) is 0 Å². The molecule has 0 aliphatic carbocycles. The van der Waals surface area contributed by atoms with Crippen molar-refractivity contribution >= 4 is 0 Å². The van der Waals surface area contributed by atoms with Crippen LogP contribution in [0.4, 0.5) is 0 Å². The summed E-state index contributed by atoms with van der Waals surface area (Å²) in [5.74, 6) is 1.82. The third-order valence-electron chi connectivity index (χ3n) is 2.88. The van der Waals surface area contributed by atoms with Crippen molar-refractivity contribution in [3.63, 3.8) is 0 Å². The molecule has 1 aromatic carbocycles. The summed E-state index contributed by atoms with van der Waals surface area (Å²) in [6.07, 6.45) is 1.08. The first-order chi connectivity index (χ1) is 7.93. The highest BCUT2D eigenvalue weighted by atomic mass is 16.5. The second-order valence-electron chi connectivity index (χ2n) is 4.01. The molecule has 1 atom stereocenters. The van der Waals surface area contributed by atoms with Crippen LogP contribution < -0.4 is 5.32 Å². The highest BCUT2D eigenvalue weighted by molar-refractivity contribution is 5.53. The highest BCUT2D eigenvalue weighted by Gasteiger charge is 2.22. The monoisotopic (exact) mass is 215 g/mol. The quantitative estimate of drug-likeness (QED) is 0.830. The second-order valence-corrected chi connectivity index (χ2v) is 4.01. The van der Waals surface area contributed by atoms with E-state index in [1.54, 1.807) is 0 Å². The molecule has 0 radical (unpaired) electrons. The van der Waals surface area contributed by atoms with Gasteiger partial charge in [-0.05, 0) is 13.0 Å². The Hall–Kier alpha value is -1.68. The molecule has 3 rings (SSSR count). The van der Waals surface area contributed by atoms with Crippen molar-refractivity contribution in [2.24, 2.45) is 0 Å². The summed E-state index contributed by atoms with van der Waals surface area (Å²) in [4.78, 5) is 4.44. The van der Waals surface area contributed by atoms with Gasteiger partial charge in [-0.1, -0.05) is 35.5 Å². The largest absolute Gasteiger partial charge is 0.339 e. The first-order valence-corrected chi connectivity index (χ1v) is 5.53. The Balaban J connectivity index is 1.87. The summed E-state index contributed by atoms with van der Waals surface area (Å²) >= 11 is 0. The fraction of sp³-hybridized carbons (Fsp3) is 0.333. The molecule has 1 aromatic heterocycles. The van der Waals surface area contributed by atoms with Gasteiger partial charge in [-0.15, -0.1) is 0 Å². The van der Waals surface area contributed by atoms with E-state index < -0.39 is 0 Å². The van der Waals surface area contributed by atoms with E-state index in [0.29, 0.717) is 11.7 Å². The van der Waals surface area contributed by atoms with Gasteiger partial charge in [0, 0.05) is 12.1 Å². The molecule has 1 aliphatic rings. The van der Waals surface area contributed by atoms with Gasteiger partial charge in [0.25, 0.3) is 0 Å². The van der Waals surface area contributed by atoms with Crippen LogP contribution in [-0.4, -0.2) is 23.2 Å². The lowest BCUT2D eigenvalue weighted by Crippen LogP contribution is -2.08. The molecular weight excluding hydrogens is 202 g/mol. The maximum Gasteiger partial charge on any atom is 0.231 e. The number of hydrogen-bond donors (Lipinski definition) is 1. The Morgan fingerprint density at radius 3 is 2.88 bits per heavy atom. The standard InChI is InChI=1S/C12H13N3O/c1-2-4-9(5-3-1)11-14-12(16-15-11)10-6-7-13-8-10/h1-5,10,13H,6-8H2. The molecule has 4 nitrogen and oxygen atoms in total. The zero-order valence-electron chi connectivity index (χ0n) is 8.89. The Kier molecular flexibility index (Phi) is 2.42. The normalized spacial score (nSPS) is 20.1. The topological polar surface area (TPSA) is 51.0 Å². The van der Waals surface area contributed by atoms with Crippen LogP contribution in [0.15, 0.2) is 34.9 Å². The molecule has 0 bridgehead atoms. The highest BCUT2D eigenvalue weighted by Crippen LogP contribution is 2.23. The Labute approximate surface area is 93.7 Å². The molecule has 1 fully saturated rings. The van der Waals surface area contributed by atoms with Gasteiger partial charge in [0.15, 0.2) is 0 Å². The van der Waals surface area contributed by atoms with Crippen LogP contribution >= 0.6 is 0 Å². The number of nitrogens with zero attached hydrogens (tertiary/aromatic N) is 2. The van der Waals surface area contributed by atoms with Crippen molar-refractivity contribution in [2.75, 3.05) is 13.1 Å².